The van der Waals surface area contributed by atoms with Crippen molar-refractivity contribution in [1.82, 2.24) is 4.98 Å². The lowest BCUT2D eigenvalue weighted by Gasteiger charge is -2.21. The van der Waals surface area contributed by atoms with Crippen LogP contribution in [0.2, 0.25) is 0 Å². The van der Waals surface area contributed by atoms with Gasteiger partial charge in [-0.1, -0.05) is 13.8 Å². The van der Waals surface area contributed by atoms with E-state index < -0.39 is 0 Å². The van der Waals surface area contributed by atoms with E-state index in [9.17, 15) is 0 Å². The van der Waals surface area contributed by atoms with Gasteiger partial charge in [-0.05, 0) is 24.5 Å². The van der Waals surface area contributed by atoms with Gasteiger partial charge >= 0.3 is 0 Å². The van der Waals surface area contributed by atoms with Gasteiger partial charge in [0.2, 0.25) is 0 Å². The molecule has 0 saturated carbocycles. The van der Waals surface area contributed by atoms with Gasteiger partial charge in [0.25, 0.3) is 0 Å². The van der Waals surface area contributed by atoms with Crippen LogP contribution >= 0.6 is 0 Å². The van der Waals surface area contributed by atoms with Crippen molar-refractivity contribution in [2.45, 2.75) is 20.3 Å². The summed E-state index contributed by atoms with van der Waals surface area (Å²) in [4.78, 5) is 6.34. The summed E-state index contributed by atoms with van der Waals surface area (Å²) in [6, 6.07) is 3.63. The highest BCUT2D eigenvalue weighted by atomic mass is 15.2. The summed E-state index contributed by atoms with van der Waals surface area (Å²) in [5.74, 6) is 1.52. The lowest BCUT2D eigenvalue weighted by Crippen LogP contribution is -2.25. The fourth-order valence-corrected chi connectivity index (χ4v) is 1.47. The molecule has 0 unspecified atom stereocenters. The number of nitrogens with one attached hydrogen (secondary N) is 1. The highest BCUT2D eigenvalue weighted by Gasteiger charge is 2.10. The zero-order valence-corrected chi connectivity index (χ0v) is 10.2. The number of pyridine rings is 1. The Kier molecular flexibility index (Phi) is 4.28. The maximum Gasteiger partial charge on any atom is 0.139 e. The summed E-state index contributed by atoms with van der Waals surface area (Å²) >= 11 is 0. The van der Waals surface area contributed by atoms with Crippen molar-refractivity contribution in [3.63, 3.8) is 0 Å². The molecule has 0 amide bonds. The third-order valence-corrected chi connectivity index (χ3v) is 2.48. The minimum absolute atomic E-state index is 0.0690. The van der Waals surface area contributed by atoms with Gasteiger partial charge in [0.15, 0.2) is 0 Å². The first-order valence-electron chi connectivity index (χ1n) is 5.53. The molecule has 3 N–H and O–H groups in total. The van der Waals surface area contributed by atoms with Crippen molar-refractivity contribution >= 4 is 11.7 Å². The average molecular weight is 220 g/mol. The van der Waals surface area contributed by atoms with Crippen LogP contribution in [0.15, 0.2) is 18.3 Å². The second-order valence-corrected chi connectivity index (χ2v) is 4.39. The zero-order chi connectivity index (χ0) is 12.1. The van der Waals surface area contributed by atoms with Crippen molar-refractivity contribution in [3.8, 4) is 0 Å². The van der Waals surface area contributed by atoms with Gasteiger partial charge in [-0.2, -0.15) is 0 Å². The molecule has 0 aliphatic carbocycles. The van der Waals surface area contributed by atoms with E-state index in [-0.39, 0.29) is 5.84 Å². The molecule has 0 radical (unpaired) electrons. The molecule has 1 heterocycles. The molecule has 1 rings (SSSR count). The predicted octanol–water partition coefficient (Wildman–Crippen LogP) is 1.85. The number of amidine groups is 1. The fraction of sp³-hybridized carbons (Fsp3) is 0.500. The molecule has 1 aromatic rings. The van der Waals surface area contributed by atoms with Crippen LogP contribution in [0.25, 0.3) is 0 Å². The van der Waals surface area contributed by atoms with Gasteiger partial charge in [0.05, 0.1) is 5.56 Å². The van der Waals surface area contributed by atoms with E-state index in [4.69, 9.17) is 11.1 Å². The molecule has 0 saturated heterocycles. The molecule has 0 aliphatic rings. The molecule has 4 heteroatoms. The van der Waals surface area contributed by atoms with Crippen molar-refractivity contribution in [2.24, 2.45) is 11.7 Å². The standard InChI is InChI=1S/C12H20N4/c1-9(2)6-8-16(3)12-10(11(13)14)5-4-7-15-12/h4-5,7,9H,6,8H2,1-3H3,(H3,13,14). The minimum atomic E-state index is 0.0690. The van der Waals surface area contributed by atoms with Crippen molar-refractivity contribution < 1.29 is 0 Å². The molecule has 0 atom stereocenters. The molecule has 0 fully saturated rings. The maximum atomic E-state index is 7.50. The molecular formula is C12H20N4. The smallest absolute Gasteiger partial charge is 0.139 e. The highest BCUT2D eigenvalue weighted by Crippen LogP contribution is 2.16. The average Bonchev–Trinajstić information content (AvgIpc) is 2.25. The van der Waals surface area contributed by atoms with Crippen LogP contribution in [0.5, 0.6) is 0 Å². The highest BCUT2D eigenvalue weighted by molar-refractivity contribution is 5.99. The third kappa shape index (κ3) is 3.22. The van der Waals surface area contributed by atoms with Gasteiger partial charge in [-0.3, -0.25) is 5.41 Å². The minimum Gasteiger partial charge on any atom is -0.384 e. The molecule has 0 aromatic carbocycles. The van der Waals surface area contributed by atoms with Crippen molar-refractivity contribution in [1.29, 1.82) is 5.41 Å². The summed E-state index contributed by atoms with van der Waals surface area (Å²) in [5, 5.41) is 7.50. The Morgan fingerprint density at radius 3 is 2.81 bits per heavy atom. The topological polar surface area (TPSA) is 66.0 Å². The third-order valence-electron chi connectivity index (χ3n) is 2.48. The van der Waals surface area contributed by atoms with Crippen molar-refractivity contribution in [2.75, 3.05) is 18.5 Å². The SMILES string of the molecule is CC(C)CCN(C)c1ncccc1C(=N)N. The first-order chi connectivity index (χ1) is 7.52. The van der Waals surface area contributed by atoms with Crippen LogP contribution in [-0.2, 0) is 0 Å². The second kappa shape index (κ2) is 5.49. The van der Waals surface area contributed by atoms with E-state index in [2.05, 4.69) is 23.7 Å². The molecule has 88 valence electrons. The Balaban J connectivity index is 2.82. The lowest BCUT2D eigenvalue weighted by molar-refractivity contribution is 0.583. The van der Waals surface area contributed by atoms with Crippen LogP contribution in [0.4, 0.5) is 5.82 Å². The van der Waals surface area contributed by atoms with Gasteiger partial charge in [-0.25, -0.2) is 4.98 Å². The van der Waals surface area contributed by atoms with Crippen LogP contribution < -0.4 is 10.6 Å². The van der Waals surface area contributed by atoms with E-state index in [1.54, 1.807) is 12.3 Å². The Labute approximate surface area is 97.0 Å². The first kappa shape index (κ1) is 12.5. The van der Waals surface area contributed by atoms with E-state index >= 15 is 0 Å². The Bertz CT molecular complexity index is 360. The first-order valence-corrected chi connectivity index (χ1v) is 5.53. The van der Waals surface area contributed by atoms with Gasteiger partial charge in [0, 0.05) is 19.8 Å². The van der Waals surface area contributed by atoms with E-state index in [0.717, 1.165) is 18.8 Å². The van der Waals surface area contributed by atoms with E-state index in [1.807, 2.05) is 13.1 Å². The largest absolute Gasteiger partial charge is 0.384 e. The molecule has 0 aliphatic heterocycles. The zero-order valence-electron chi connectivity index (χ0n) is 10.2. The summed E-state index contributed by atoms with van der Waals surface area (Å²) in [7, 11) is 1.98. The number of anilines is 1. The fourth-order valence-electron chi connectivity index (χ4n) is 1.47. The van der Waals surface area contributed by atoms with Crippen LogP contribution in [0, 0.1) is 11.3 Å². The molecule has 0 spiro atoms. The number of hydrogen-bond donors (Lipinski definition) is 2. The number of nitrogens with zero attached hydrogens (tertiary/aromatic N) is 2. The Morgan fingerprint density at radius 1 is 1.56 bits per heavy atom. The summed E-state index contributed by atoms with van der Waals surface area (Å²) in [5.41, 5.74) is 6.23. The number of aromatic nitrogens is 1. The normalized spacial score (nSPS) is 10.5. The van der Waals surface area contributed by atoms with Gasteiger partial charge in [-0.15, -0.1) is 0 Å². The quantitative estimate of drug-likeness (QED) is 0.588. The number of rotatable bonds is 5. The number of hydrogen-bond acceptors (Lipinski definition) is 3. The lowest BCUT2D eigenvalue weighted by atomic mass is 10.1. The summed E-state index contributed by atoms with van der Waals surface area (Å²) < 4.78 is 0. The maximum absolute atomic E-state index is 7.50. The van der Waals surface area contributed by atoms with E-state index in [1.165, 1.54) is 0 Å². The number of nitrogens with two attached hydrogens (primary N) is 1. The van der Waals surface area contributed by atoms with Crippen LogP contribution in [0.1, 0.15) is 25.8 Å². The number of nitrogen functional groups attached to an aromatic ring is 1. The van der Waals surface area contributed by atoms with Gasteiger partial charge < -0.3 is 10.6 Å². The molecule has 0 bridgehead atoms. The van der Waals surface area contributed by atoms with Crippen molar-refractivity contribution in [3.05, 3.63) is 23.9 Å². The Hall–Kier alpha value is -1.58. The summed E-state index contributed by atoms with van der Waals surface area (Å²) in [6.07, 6.45) is 2.83. The molecule has 4 nitrogen and oxygen atoms in total. The molecular weight excluding hydrogens is 200 g/mol. The van der Waals surface area contributed by atoms with Crippen LogP contribution in [-0.4, -0.2) is 24.4 Å². The predicted molar refractivity (Wildman–Crippen MR) is 68.0 cm³/mol. The Morgan fingerprint density at radius 2 is 2.25 bits per heavy atom. The molecule has 16 heavy (non-hydrogen) atoms. The van der Waals surface area contributed by atoms with Gasteiger partial charge in [0.1, 0.15) is 11.7 Å². The van der Waals surface area contributed by atoms with Crippen LogP contribution in [0.3, 0.4) is 0 Å². The molecule has 1 aromatic heterocycles. The van der Waals surface area contributed by atoms with E-state index in [0.29, 0.717) is 11.5 Å². The second-order valence-electron chi connectivity index (χ2n) is 4.39. The summed E-state index contributed by atoms with van der Waals surface area (Å²) in [6.45, 7) is 5.31. The monoisotopic (exact) mass is 220 g/mol.